The van der Waals surface area contributed by atoms with Gasteiger partial charge in [-0.15, -0.1) is 0 Å². The molecule has 1 fully saturated rings. The van der Waals surface area contributed by atoms with E-state index in [4.69, 9.17) is 9.47 Å². The molecule has 0 saturated heterocycles. The number of fused-ring (bicyclic) bond motifs is 1. The molecule has 140 valence electrons. The van der Waals surface area contributed by atoms with Crippen molar-refractivity contribution in [2.75, 3.05) is 23.8 Å². The quantitative estimate of drug-likeness (QED) is 0.774. The number of anilines is 2. The van der Waals surface area contributed by atoms with E-state index < -0.39 is 0 Å². The Kier molecular flexibility index (Phi) is 4.35. The summed E-state index contributed by atoms with van der Waals surface area (Å²) in [5.41, 5.74) is 1.99. The van der Waals surface area contributed by atoms with Gasteiger partial charge in [0.05, 0.1) is 5.54 Å². The molecule has 0 bridgehead atoms. The normalized spacial score (nSPS) is 16.2. The maximum atomic E-state index is 12.4. The first-order chi connectivity index (χ1) is 13.0. The first kappa shape index (κ1) is 17.2. The monoisotopic (exact) mass is 367 g/mol. The molecule has 4 rings (SSSR count). The minimum Gasteiger partial charge on any atom is -0.486 e. The fourth-order valence-corrected chi connectivity index (χ4v) is 3.17. The van der Waals surface area contributed by atoms with Gasteiger partial charge in [0, 0.05) is 18.3 Å². The molecule has 0 atom stereocenters. The van der Waals surface area contributed by atoms with Crippen LogP contribution in [0, 0.1) is 0 Å². The molecule has 7 heteroatoms. The average Bonchev–Trinajstić information content (AvgIpc) is 3.43. The van der Waals surface area contributed by atoms with Crippen LogP contribution in [0.25, 0.3) is 0 Å². The van der Waals surface area contributed by atoms with Gasteiger partial charge in [0.2, 0.25) is 5.91 Å². The Hall–Kier alpha value is -3.22. The molecule has 27 heavy (non-hydrogen) atoms. The smallest absolute Gasteiger partial charge is 0.319 e. The molecule has 7 nitrogen and oxygen atoms in total. The van der Waals surface area contributed by atoms with E-state index in [-0.39, 0.29) is 17.5 Å². The number of benzene rings is 2. The lowest BCUT2D eigenvalue weighted by atomic mass is 10.0. The highest BCUT2D eigenvalue weighted by Gasteiger charge is 2.46. The molecule has 0 unspecified atom stereocenters. The van der Waals surface area contributed by atoms with Crippen LogP contribution in [0.2, 0.25) is 0 Å². The van der Waals surface area contributed by atoms with Gasteiger partial charge < -0.3 is 25.4 Å². The number of nitrogens with one attached hydrogen (secondary N) is 3. The molecule has 1 heterocycles. The largest absolute Gasteiger partial charge is 0.486 e. The molecular formula is C20H21N3O4. The number of amides is 3. The van der Waals surface area contributed by atoms with Gasteiger partial charge in [-0.1, -0.05) is 6.07 Å². The van der Waals surface area contributed by atoms with Crippen LogP contribution < -0.4 is 25.4 Å². The first-order valence-corrected chi connectivity index (χ1v) is 8.91. The van der Waals surface area contributed by atoms with Crippen molar-refractivity contribution in [2.45, 2.75) is 25.3 Å². The van der Waals surface area contributed by atoms with Crippen LogP contribution in [-0.4, -0.2) is 25.2 Å². The lowest BCUT2D eigenvalue weighted by Gasteiger charge is -2.23. The minimum absolute atomic E-state index is 0.136. The van der Waals surface area contributed by atoms with Gasteiger partial charge >= 0.3 is 6.03 Å². The zero-order valence-corrected chi connectivity index (χ0v) is 15.0. The molecule has 2 aromatic rings. The van der Waals surface area contributed by atoms with Crippen molar-refractivity contribution in [3.63, 3.8) is 0 Å². The van der Waals surface area contributed by atoms with Gasteiger partial charge in [-0.3, -0.25) is 4.79 Å². The number of hydrogen-bond donors (Lipinski definition) is 3. The molecule has 2 aromatic carbocycles. The Morgan fingerprint density at radius 1 is 0.889 bits per heavy atom. The summed E-state index contributed by atoms with van der Waals surface area (Å²) >= 11 is 0. The number of urea groups is 1. The highest BCUT2D eigenvalue weighted by Crippen LogP contribution is 2.47. The van der Waals surface area contributed by atoms with Crippen molar-refractivity contribution in [3.05, 3.63) is 48.0 Å². The lowest BCUT2D eigenvalue weighted by molar-refractivity contribution is -0.114. The average molecular weight is 367 g/mol. The molecular weight excluding hydrogens is 346 g/mol. The molecule has 2 aliphatic rings. The van der Waals surface area contributed by atoms with Crippen LogP contribution >= 0.6 is 0 Å². The van der Waals surface area contributed by atoms with E-state index in [1.165, 1.54) is 6.92 Å². The predicted molar refractivity (Wildman–Crippen MR) is 101 cm³/mol. The summed E-state index contributed by atoms with van der Waals surface area (Å²) in [5, 5.41) is 8.59. The van der Waals surface area contributed by atoms with Crippen molar-refractivity contribution in [3.8, 4) is 11.5 Å². The standard InChI is InChI=1S/C20H21N3O4/c1-13(24)21-15-3-5-16(6-4-15)22-19(25)23-20(8-9-20)14-2-7-17-18(12-14)27-11-10-26-17/h2-7,12H,8-11H2,1H3,(H,21,24)(H2,22,23,25). The van der Waals surface area contributed by atoms with E-state index in [1.807, 2.05) is 18.2 Å². The zero-order valence-electron chi connectivity index (χ0n) is 15.0. The fraction of sp³-hybridized carbons (Fsp3) is 0.300. The second kappa shape index (κ2) is 6.83. The van der Waals surface area contributed by atoms with Gasteiger partial charge in [-0.05, 0) is 54.8 Å². The van der Waals surface area contributed by atoms with Gasteiger partial charge in [0.15, 0.2) is 11.5 Å². The van der Waals surface area contributed by atoms with E-state index in [2.05, 4.69) is 16.0 Å². The predicted octanol–water partition coefficient (Wildman–Crippen LogP) is 3.23. The molecule has 0 spiro atoms. The maximum absolute atomic E-state index is 12.4. The SMILES string of the molecule is CC(=O)Nc1ccc(NC(=O)NC2(c3ccc4c(c3)OCCO4)CC2)cc1. The summed E-state index contributed by atoms with van der Waals surface area (Å²) in [6.07, 6.45) is 1.75. The number of carbonyl (C=O) groups excluding carboxylic acids is 2. The van der Waals surface area contributed by atoms with Crippen LogP contribution in [0.4, 0.5) is 16.2 Å². The van der Waals surface area contributed by atoms with Crippen LogP contribution in [0.1, 0.15) is 25.3 Å². The summed E-state index contributed by atoms with van der Waals surface area (Å²) in [6, 6.07) is 12.5. The summed E-state index contributed by atoms with van der Waals surface area (Å²) in [7, 11) is 0. The fourth-order valence-electron chi connectivity index (χ4n) is 3.17. The molecule has 0 radical (unpaired) electrons. The minimum atomic E-state index is -0.365. The molecule has 1 aliphatic carbocycles. The maximum Gasteiger partial charge on any atom is 0.319 e. The Morgan fingerprint density at radius 3 is 2.15 bits per heavy atom. The highest BCUT2D eigenvalue weighted by molar-refractivity contribution is 5.91. The van der Waals surface area contributed by atoms with E-state index in [0.717, 1.165) is 29.9 Å². The van der Waals surface area contributed by atoms with Gasteiger partial charge in [-0.2, -0.15) is 0 Å². The Morgan fingerprint density at radius 2 is 1.52 bits per heavy atom. The molecule has 3 amide bonds. The third kappa shape index (κ3) is 3.81. The van der Waals surface area contributed by atoms with Gasteiger partial charge in [0.25, 0.3) is 0 Å². The van der Waals surface area contributed by atoms with Gasteiger partial charge in [-0.25, -0.2) is 4.79 Å². The number of rotatable bonds is 4. The van der Waals surface area contributed by atoms with E-state index in [9.17, 15) is 9.59 Å². The summed E-state index contributed by atoms with van der Waals surface area (Å²) in [5.74, 6) is 1.33. The van der Waals surface area contributed by atoms with E-state index in [0.29, 0.717) is 24.6 Å². The summed E-state index contributed by atoms with van der Waals surface area (Å²) in [4.78, 5) is 23.5. The second-order valence-electron chi connectivity index (χ2n) is 6.78. The number of ether oxygens (including phenoxy) is 2. The third-order valence-corrected chi connectivity index (χ3v) is 4.66. The molecule has 0 aromatic heterocycles. The van der Waals surface area contributed by atoms with E-state index >= 15 is 0 Å². The Bertz CT molecular complexity index is 875. The Labute approximate surface area is 157 Å². The van der Waals surface area contributed by atoms with Crippen molar-refractivity contribution < 1.29 is 19.1 Å². The summed E-state index contributed by atoms with van der Waals surface area (Å²) in [6.45, 7) is 2.54. The summed E-state index contributed by atoms with van der Waals surface area (Å²) < 4.78 is 11.2. The topological polar surface area (TPSA) is 88.7 Å². The molecule has 1 aliphatic heterocycles. The van der Waals surface area contributed by atoms with Crippen molar-refractivity contribution in [1.29, 1.82) is 0 Å². The number of hydrogen-bond acceptors (Lipinski definition) is 4. The van der Waals surface area contributed by atoms with Crippen LogP contribution in [0.5, 0.6) is 11.5 Å². The van der Waals surface area contributed by atoms with Crippen LogP contribution in [0.15, 0.2) is 42.5 Å². The lowest BCUT2D eigenvalue weighted by Crippen LogP contribution is -2.38. The van der Waals surface area contributed by atoms with Crippen LogP contribution in [-0.2, 0) is 10.3 Å². The highest BCUT2D eigenvalue weighted by atomic mass is 16.6. The van der Waals surface area contributed by atoms with Crippen molar-refractivity contribution in [2.24, 2.45) is 0 Å². The first-order valence-electron chi connectivity index (χ1n) is 8.91. The molecule has 3 N–H and O–H groups in total. The number of carbonyl (C=O) groups is 2. The van der Waals surface area contributed by atoms with E-state index in [1.54, 1.807) is 24.3 Å². The van der Waals surface area contributed by atoms with Crippen molar-refractivity contribution >= 4 is 23.3 Å². The zero-order chi connectivity index (χ0) is 18.9. The Balaban J connectivity index is 1.41. The molecule has 1 saturated carbocycles. The van der Waals surface area contributed by atoms with Gasteiger partial charge in [0.1, 0.15) is 13.2 Å². The van der Waals surface area contributed by atoms with Crippen LogP contribution in [0.3, 0.4) is 0 Å². The third-order valence-electron chi connectivity index (χ3n) is 4.66. The van der Waals surface area contributed by atoms with Crippen molar-refractivity contribution in [1.82, 2.24) is 5.32 Å². The second-order valence-corrected chi connectivity index (χ2v) is 6.78.